The Kier molecular flexibility index (Phi) is 2.50. The first-order chi connectivity index (χ1) is 5.69. The maximum absolute atomic E-state index is 10.9. The molecule has 0 atom stereocenters. The molecular formula is C8H12N2O2. The van der Waals surface area contributed by atoms with Gasteiger partial charge in [0.1, 0.15) is 0 Å². The largest absolute Gasteiger partial charge is 0.503 e. The van der Waals surface area contributed by atoms with Crippen LogP contribution in [0.25, 0.3) is 0 Å². The summed E-state index contributed by atoms with van der Waals surface area (Å²) in [4.78, 5) is 10.9. The summed E-state index contributed by atoms with van der Waals surface area (Å²) in [6, 6.07) is 1.36. The highest BCUT2D eigenvalue weighted by Gasteiger charge is 2.01. The number of aromatic hydroxyl groups is 1. The molecule has 0 aliphatic rings. The van der Waals surface area contributed by atoms with Crippen molar-refractivity contribution in [2.75, 3.05) is 0 Å². The minimum atomic E-state index is -0.375. The van der Waals surface area contributed by atoms with E-state index in [0.29, 0.717) is 13.1 Å². The van der Waals surface area contributed by atoms with E-state index in [1.807, 2.05) is 6.92 Å². The van der Waals surface area contributed by atoms with E-state index in [0.717, 1.165) is 5.69 Å². The third kappa shape index (κ3) is 1.48. The molecule has 66 valence electrons. The van der Waals surface area contributed by atoms with Gasteiger partial charge < -0.3 is 15.4 Å². The molecule has 0 amide bonds. The molecule has 1 heterocycles. The number of aromatic nitrogens is 1. The number of nitrogens with zero attached hydrogens (tertiary/aromatic N) is 1. The molecule has 12 heavy (non-hydrogen) atoms. The summed E-state index contributed by atoms with van der Waals surface area (Å²) in [5, 5.41) is 9.08. The average Bonchev–Trinajstić information content (AvgIpc) is 2.09. The number of aryl methyl sites for hydroxylation is 1. The van der Waals surface area contributed by atoms with Gasteiger partial charge in [0.25, 0.3) is 0 Å². The summed E-state index contributed by atoms with van der Waals surface area (Å²) < 4.78 is 1.75. The van der Waals surface area contributed by atoms with Gasteiger partial charge in [0.2, 0.25) is 5.43 Å². The molecule has 0 radical (unpaired) electrons. The molecule has 0 bridgehead atoms. The van der Waals surface area contributed by atoms with Gasteiger partial charge >= 0.3 is 0 Å². The van der Waals surface area contributed by atoms with E-state index in [1.54, 1.807) is 4.57 Å². The van der Waals surface area contributed by atoms with Crippen molar-refractivity contribution in [2.45, 2.75) is 20.0 Å². The molecule has 1 aromatic rings. The molecule has 0 spiro atoms. The van der Waals surface area contributed by atoms with Crippen molar-refractivity contribution in [3.8, 4) is 5.75 Å². The van der Waals surface area contributed by atoms with E-state index in [4.69, 9.17) is 10.8 Å². The van der Waals surface area contributed by atoms with Crippen LogP contribution < -0.4 is 11.2 Å². The predicted octanol–water partition coefficient (Wildman–Crippen LogP) is 0.0325. The van der Waals surface area contributed by atoms with Gasteiger partial charge in [0, 0.05) is 24.8 Å². The fourth-order valence-electron chi connectivity index (χ4n) is 1.07. The molecular weight excluding hydrogens is 156 g/mol. The lowest BCUT2D eigenvalue weighted by Gasteiger charge is -2.08. The Morgan fingerprint density at radius 3 is 2.83 bits per heavy atom. The van der Waals surface area contributed by atoms with Gasteiger partial charge in [-0.2, -0.15) is 0 Å². The van der Waals surface area contributed by atoms with Crippen LogP contribution in [0.15, 0.2) is 17.1 Å². The second-order valence-electron chi connectivity index (χ2n) is 2.50. The monoisotopic (exact) mass is 168 g/mol. The van der Waals surface area contributed by atoms with Crippen LogP contribution in [0.2, 0.25) is 0 Å². The van der Waals surface area contributed by atoms with Crippen molar-refractivity contribution >= 4 is 0 Å². The van der Waals surface area contributed by atoms with Gasteiger partial charge in [-0.25, -0.2) is 0 Å². The Morgan fingerprint density at radius 2 is 2.33 bits per heavy atom. The summed E-state index contributed by atoms with van der Waals surface area (Å²) >= 11 is 0. The molecule has 1 aromatic heterocycles. The molecule has 0 aliphatic carbocycles. The standard InChI is InChI=1S/C8H12N2O2/c1-2-10-5-8(12)7(11)3-6(10)4-9/h3,5,12H,2,4,9H2,1H3. The van der Waals surface area contributed by atoms with E-state index >= 15 is 0 Å². The van der Waals surface area contributed by atoms with Crippen LogP contribution in [-0.2, 0) is 13.1 Å². The Balaban J connectivity index is 3.29. The number of hydrogen-bond donors (Lipinski definition) is 2. The second-order valence-corrected chi connectivity index (χ2v) is 2.50. The van der Waals surface area contributed by atoms with Crippen LogP contribution in [0.5, 0.6) is 5.75 Å². The van der Waals surface area contributed by atoms with Crippen molar-refractivity contribution < 1.29 is 5.11 Å². The third-order valence-corrected chi connectivity index (χ3v) is 1.75. The van der Waals surface area contributed by atoms with Crippen molar-refractivity contribution in [3.05, 3.63) is 28.2 Å². The quantitative estimate of drug-likeness (QED) is 0.654. The summed E-state index contributed by atoms with van der Waals surface area (Å²) in [7, 11) is 0. The lowest BCUT2D eigenvalue weighted by atomic mass is 10.3. The molecule has 0 unspecified atom stereocenters. The Hall–Kier alpha value is -1.29. The number of rotatable bonds is 2. The van der Waals surface area contributed by atoms with Crippen molar-refractivity contribution in [1.82, 2.24) is 4.57 Å². The first kappa shape index (κ1) is 8.80. The molecule has 0 aliphatic heterocycles. The van der Waals surface area contributed by atoms with Crippen LogP contribution in [0, 0.1) is 0 Å². The van der Waals surface area contributed by atoms with E-state index < -0.39 is 0 Å². The molecule has 0 saturated carbocycles. The predicted molar refractivity (Wildman–Crippen MR) is 45.9 cm³/mol. The maximum atomic E-state index is 10.9. The number of pyridine rings is 1. The zero-order valence-corrected chi connectivity index (χ0v) is 6.95. The van der Waals surface area contributed by atoms with E-state index in [1.165, 1.54) is 12.3 Å². The highest BCUT2D eigenvalue weighted by molar-refractivity contribution is 5.20. The van der Waals surface area contributed by atoms with Crippen LogP contribution in [-0.4, -0.2) is 9.67 Å². The normalized spacial score (nSPS) is 10.2. The van der Waals surface area contributed by atoms with Gasteiger partial charge in [-0.15, -0.1) is 0 Å². The molecule has 4 nitrogen and oxygen atoms in total. The van der Waals surface area contributed by atoms with E-state index in [-0.39, 0.29) is 11.2 Å². The van der Waals surface area contributed by atoms with Crippen LogP contribution >= 0.6 is 0 Å². The minimum absolute atomic E-state index is 0.228. The van der Waals surface area contributed by atoms with E-state index in [9.17, 15) is 4.79 Å². The first-order valence-electron chi connectivity index (χ1n) is 3.81. The highest BCUT2D eigenvalue weighted by atomic mass is 16.3. The van der Waals surface area contributed by atoms with Gasteiger partial charge in [-0.1, -0.05) is 0 Å². The number of nitrogens with two attached hydrogens (primary N) is 1. The number of hydrogen-bond acceptors (Lipinski definition) is 3. The molecule has 4 heteroatoms. The zero-order chi connectivity index (χ0) is 9.14. The summed E-state index contributed by atoms with van der Waals surface area (Å²) in [5.41, 5.74) is 5.77. The molecule has 1 rings (SSSR count). The van der Waals surface area contributed by atoms with E-state index in [2.05, 4.69) is 0 Å². The van der Waals surface area contributed by atoms with Crippen LogP contribution in [0.3, 0.4) is 0 Å². The van der Waals surface area contributed by atoms with Crippen molar-refractivity contribution in [2.24, 2.45) is 5.73 Å². The zero-order valence-electron chi connectivity index (χ0n) is 6.95. The minimum Gasteiger partial charge on any atom is -0.503 e. The first-order valence-corrected chi connectivity index (χ1v) is 3.81. The van der Waals surface area contributed by atoms with Crippen molar-refractivity contribution in [3.63, 3.8) is 0 Å². The Bertz CT molecular complexity index is 330. The maximum Gasteiger partial charge on any atom is 0.223 e. The molecule has 0 aromatic carbocycles. The van der Waals surface area contributed by atoms with Gasteiger partial charge in [-0.05, 0) is 6.92 Å². The highest BCUT2D eigenvalue weighted by Crippen LogP contribution is 2.03. The lowest BCUT2D eigenvalue weighted by molar-refractivity contribution is 0.459. The fourth-order valence-corrected chi connectivity index (χ4v) is 1.07. The summed E-state index contributed by atoms with van der Waals surface area (Å²) in [5.74, 6) is -0.228. The topological polar surface area (TPSA) is 68.2 Å². The molecule has 0 fully saturated rings. The molecule has 3 N–H and O–H groups in total. The summed E-state index contributed by atoms with van der Waals surface area (Å²) in [6.45, 7) is 2.92. The van der Waals surface area contributed by atoms with Gasteiger partial charge in [-0.3, -0.25) is 4.79 Å². The molecule has 0 saturated heterocycles. The van der Waals surface area contributed by atoms with Crippen LogP contribution in [0.4, 0.5) is 0 Å². The Labute approximate surface area is 70.3 Å². The Morgan fingerprint density at radius 1 is 1.67 bits per heavy atom. The van der Waals surface area contributed by atoms with Gasteiger partial charge in [0.15, 0.2) is 5.75 Å². The van der Waals surface area contributed by atoms with Crippen molar-refractivity contribution in [1.29, 1.82) is 0 Å². The lowest BCUT2D eigenvalue weighted by Crippen LogP contribution is -2.14. The summed E-state index contributed by atoms with van der Waals surface area (Å²) in [6.07, 6.45) is 1.41. The van der Waals surface area contributed by atoms with Gasteiger partial charge in [0.05, 0.1) is 6.20 Å². The SMILES string of the molecule is CCn1cc(O)c(=O)cc1CN. The van der Waals surface area contributed by atoms with Crippen LogP contribution in [0.1, 0.15) is 12.6 Å². The smallest absolute Gasteiger partial charge is 0.223 e. The second kappa shape index (κ2) is 3.40. The third-order valence-electron chi connectivity index (χ3n) is 1.75. The fraction of sp³-hybridized carbons (Fsp3) is 0.375. The average molecular weight is 168 g/mol.